The summed E-state index contributed by atoms with van der Waals surface area (Å²) in [6.45, 7) is 1.71. The molecule has 2 amide bonds. The number of benzene rings is 1. The lowest BCUT2D eigenvalue weighted by Gasteiger charge is -2.24. The van der Waals surface area contributed by atoms with E-state index in [1.54, 1.807) is 35.3 Å². The van der Waals surface area contributed by atoms with Crippen LogP contribution in [0.4, 0.5) is 4.79 Å². The van der Waals surface area contributed by atoms with E-state index < -0.39 is 9.84 Å². The quantitative estimate of drug-likeness (QED) is 0.856. The summed E-state index contributed by atoms with van der Waals surface area (Å²) in [5, 5.41) is 6.99. The Labute approximate surface area is 146 Å². The number of carbonyl (C=O) groups excluding carboxylic acids is 1. The van der Waals surface area contributed by atoms with Crippen LogP contribution in [0, 0.1) is 0 Å². The van der Waals surface area contributed by atoms with Crippen molar-refractivity contribution < 1.29 is 13.2 Å². The number of aromatic nitrogens is 3. The van der Waals surface area contributed by atoms with E-state index in [0.29, 0.717) is 13.1 Å². The number of likely N-dealkylation sites (tertiary alicyclic amines) is 1. The molecule has 2 aromatic rings. The fourth-order valence-electron chi connectivity index (χ4n) is 2.97. The largest absolute Gasteiger partial charge is 0.334 e. The molecule has 1 aromatic heterocycles. The van der Waals surface area contributed by atoms with Crippen molar-refractivity contribution in [1.82, 2.24) is 25.0 Å². The van der Waals surface area contributed by atoms with Crippen molar-refractivity contribution in [3.63, 3.8) is 0 Å². The van der Waals surface area contributed by atoms with Gasteiger partial charge in [-0.15, -0.1) is 0 Å². The van der Waals surface area contributed by atoms with Gasteiger partial charge in [0.25, 0.3) is 0 Å². The number of hydrogen-bond donors (Lipinski definition) is 1. The average Bonchev–Trinajstić information content (AvgIpc) is 3.24. The lowest BCUT2D eigenvalue weighted by Crippen LogP contribution is -2.44. The highest BCUT2D eigenvalue weighted by molar-refractivity contribution is 7.90. The molecule has 0 bridgehead atoms. The van der Waals surface area contributed by atoms with Crippen LogP contribution in [0.1, 0.15) is 18.4 Å². The Hall–Kier alpha value is -2.42. The lowest BCUT2D eigenvalue weighted by molar-refractivity contribution is 0.185. The normalized spacial score (nSPS) is 17.6. The minimum Gasteiger partial charge on any atom is -0.334 e. The van der Waals surface area contributed by atoms with Crippen molar-refractivity contribution in [3.8, 4) is 0 Å². The van der Waals surface area contributed by atoms with E-state index >= 15 is 0 Å². The Morgan fingerprint density at radius 3 is 2.72 bits per heavy atom. The molecule has 1 atom stereocenters. The van der Waals surface area contributed by atoms with Crippen molar-refractivity contribution in [3.05, 3.63) is 42.5 Å². The molecule has 2 heterocycles. The van der Waals surface area contributed by atoms with Crippen LogP contribution >= 0.6 is 0 Å². The first kappa shape index (κ1) is 17.4. The van der Waals surface area contributed by atoms with Crippen LogP contribution in [0.3, 0.4) is 0 Å². The van der Waals surface area contributed by atoms with Crippen LogP contribution < -0.4 is 5.32 Å². The summed E-state index contributed by atoms with van der Waals surface area (Å²) in [6, 6.07) is 6.53. The summed E-state index contributed by atoms with van der Waals surface area (Å²) in [5.74, 6) is 0. The molecule has 1 N–H and O–H groups in total. The molecule has 1 saturated heterocycles. The number of rotatable bonds is 5. The molecule has 1 unspecified atom stereocenters. The zero-order valence-electron chi connectivity index (χ0n) is 14.0. The average molecular weight is 363 g/mol. The highest BCUT2D eigenvalue weighted by atomic mass is 32.2. The van der Waals surface area contributed by atoms with Gasteiger partial charge in [-0.1, -0.05) is 12.1 Å². The number of carbonyl (C=O) groups is 1. The minimum absolute atomic E-state index is 0.106. The SMILES string of the molecule is CS(=O)(=O)c1ccc(CNC(=O)N2CCCC2Cn2cncn2)cc1. The third-order valence-corrected chi connectivity index (χ3v) is 5.43. The number of nitrogens with one attached hydrogen (secondary N) is 1. The van der Waals surface area contributed by atoms with Crippen LogP contribution in [0.2, 0.25) is 0 Å². The van der Waals surface area contributed by atoms with Crippen LogP contribution in [0.15, 0.2) is 41.8 Å². The van der Waals surface area contributed by atoms with Crippen molar-refractivity contribution in [2.45, 2.75) is 36.9 Å². The molecular formula is C16H21N5O3S. The van der Waals surface area contributed by atoms with Crippen LogP contribution in [-0.4, -0.2) is 53.0 Å². The van der Waals surface area contributed by atoms with Gasteiger partial charge in [-0.3, -0.25) is 4.68 Å². The van der Waals surface area contributed by atoms with E-state index in [4.69, 9.17) is 0 Å². The predicted molar refractivity (Wildman–Crippen MR) is 91.5 cm³/mol. The van der Waals surface area contributed by atoms with E-state index in [-0.39, 0.29) is 17.0 Å². The summed E-state index contributed by atoms with van der Waals surface area (Å²) in [4.78, 5) is 18.5. The molecule has 8 nitrogen and oxygen atoms in total. The van der Waals surface area contributed by atoms with E-state index in [1.807, 2.05) is 4.90 Å². The third kappa shape index (κ3) is 4.36. The van der Waals surface area contributed by atoms with Gasteiger partial charge >= 0.3 is 6.03 Å². The second kappa shape index (κ2) is 7.22. The predicted octanol–water partition coefficient (Wildman–Crippen LogP) is 1.06. The van der Waals surface area contributed by atoms with Gasteiger partial charge in [0.2, 0.25) is 0 Å². The van der Waals surface area contributed by atoms with Gasteiger partial charge < -0.3 is 10.2 Å². The molecule has 9 heteroatoms. The topological polar surface area (TPSA) is 97.2 Å². The standard InChI is InChI=1S/C16H21N5O3S/c1-25(23,24)15-6-4-13(5-7-15)9-18-16(22)21-8-2-3-14(21)10-20-12-17-11-19-20/h4-7,11-12,14H,2-3,8-10H2,1H3,(H,18,22). The van der Waals surface area contributed by atoms with Crippen LogP contribution in [-0.2, 0) is 22.9 Å². The maximum absolute atomic E-state index is 12.5. The fourth-order valence-corrected chi connectivity index (χ4v) is 3.60. The third-order valence-electron chi connectivity index (χ3n) is 4.30. The number of nitrogens with zero attached hydrogens (tertiary/aromatic N) is 4. The van der Waals surface area contributed by atoms with Gasteiger partial charge in [-0.2, -0.15) is 5.10 Å². The Kier molecular flexibility index (Phi) is 5.03. The van der Waals surface area contributed by atoms with Gasteiger partial charge in [-0.05, 0) is 30.5 Å². The Balaban J connectivity index is 1.56. The maximum atomic E-state index is 12.5. The van der Waals surface area contributed by atoms with Crippen molar-refractivity contribution >= 4 is 15.9 Å². The first-order valence-electron chi connectivity index (χ1n) is 8.09. The van der Waals surface area contributed by atoms with E-state index in [2.05, 4.69) is 15.4 Å². The van der Waals surface area contributed by atoms with Crippen molar-refractivity contribution in [1.29, 1.82) is 0 Å². The van der Waals surface area contributed by atoms with Crippen LogP contribution in [0.5, 0.6) is 0 Å². The molecule has 0 spiro atoms. The molecule has 1 aliphatic rings. The highest BCUT2D eigenvalue weighted by Crippen LogP contribution is 2.19. The molecule has 25 heavy (non-hydrogen) atoms. The lowest BCUT2D eigenvalue weighted by atomic mass is 10.2. The minimum atomic E-state index is -3.21. The summed E-state index contributed by atoms with van der Waals surface area (Å²) in [7, 11) is -3.21. The zero-order chi connectivity index (χ0) is 17.9. The maximum Gasteiger partial charge on any atom is 0.317 e. The van der Waals surface area contributed by atoms with Gasteiger partial charge in [0.15, 0.2) is 9.84 Å². The zero-order valence-corrected chi connectivity index (χ0v) is 14.8. The van der Waals surface area contributed by atoms with Gasteiger partial charge in [0.05, 0.1) is 17.5 Å². The molecule has 1 aliphatic heterocycles. The second-order valence-corrected chi connectivity index (χ2v) is 8.20. The summed E-state index contributed by atoms with van der Waals surface area (Å²) in [6.07, 6.45) is 6.22. The first-order chi connectivity index (χ1) is 11.9. The second-order valence-electron chi connectivity index (χ2n) is 6.18. The molecule has 134 valence electrons. The van der Waals surface area contributed by atoms with Crippen molar-refractivity contribution in [2.75, 3.05) is 12.8 Å². The smallest absolute Gasteiger partial charge is 0.317 e. The fraction of sp³-hybridized carbons (Fsp3) is 0.438. The van der Waals surface area contributed by atoms with E-state index in [0.717, 1.165) is 24.9 Å². The molecule has 1 aromatic carbocycles. The molecule has 0 radical (unpaired) electrons. The first-order valence-corrected chi connectivity index (χ1v) is 9.98. The molecular weight excluding hydrogens is 342 g/mol. The molecule has 0 saturated carbocycles. The number of urea groups is 1. The van der Waals surface area contributed by atoms with Crippen LogP contribution in [0.25, 0.3) is 0 Å². The summed E-state index contributed by atoms with van der Waals surface area (Å²) >= 11 is 0. The molecule has 0 aliphatic carbocycles. The van der Waals surface area contributed by atoms with E-state index in [9.17, 15) is 13.2 Å². The Morgan fingerprint density at radius 1 is 1.32 bits per heavy atom. The number of sulfone groups is 1. The van der Waals surface area contributed by atoms with E-state index in [1.165, 1.54) is 12.6 Å². The van der Waals surface area contributed by atoms with Gasteiger partial charge in [0.1, 0.15) is 12.7 Å². The molecule has 3 rings (SSSR count). The molecule has 1 fully saturated rings. The Bertz CT molecular complexity index is 818. The monoisotopic (exact) mass is 363 g/mol. The summed E-state index contributed by atoms with van der Waals surface area (Å²) in [5.41, 5.74) is 0.854. The van der Waals surface area contributed by atoms with Crippen molar-refractivity contribution in [2.24, 2.45) is 0 Å². The number of hydrogen-bond acceptors (Lipinski definition) is 5. The van der Waals surface area contributed by atoms with Gasteiger partial charge in [0, 0.05) is 19.3 Å². The highest BCUT2D eigenvalue weighted by Gasteiger charge is 2.29. The Morgan fingerprint density at radius 2 is 2.08 bits per heavy atom. The van der Waals surface area contributed by atoms with Gasteiger partial charge in [-0.25, -0.2) is 18.2 Å². The summed E-state index contributed by atoms with van der Waals surface area (Å²) < 4.78 is 24.7. The number of amides is 2.